The van der Waals surface area contributed by atoms with Gasteiger partial charge in [0.2, 0.25) is 0 Å². The van der Waals surface area contributed by atoms with Crippen LogP contribution >= 0.6 is 0 Å². The topological polar surface area (TPSA) is 54.4 Å². The largest absolute Gasteiger partial charge is 0.272 e. The minimum absolute atomic E-state index is 0.264. The second-order valence-electron chi connectivity index (χ2n) is 7.05. The lowest BCUT2D eigenvalue weighted by Crippen LogP contribution is -2.18. The number of nitrogens with zero attached hydrogens (tertiary/aromatic N) is 2. The molecule has 0 aliphatic heterocycles. The number of nitrogens with one attached hydrogen (secondary N) is 1. The standard InChI is InChI=1S/C25H21N3O/c1-17-7-11-19(12-8-17)16-26-28-25(29)22-15-24(20-13-9-18(2)10-14-20)27-23-6-4-3-5-21(22)23/h3-16H,1-2H3,(H,28,29)/b26-16+. The van der Waals surface area contributed by atoms with Crippen molar-refractivity contribution in [3.63, 3.8) is 0 Å². The van der Waals surface area contributed by atoms with Crippen LogP contribution in [0.4, 0.5) is 0 Å². The molecular formula is C25H21N3O. The van der Waals surface area contributed by atoms with Crippen molar-refractivity contribution in [2.75, 3.05) is 0 Å². The zero-order valence-corrected chi connectivity index (χ0v) is 16.4. The summed E-state index contributed by atoms with van der Waals surface area (Å²) in [5.74, 6) is -0.264. The molecule has 0 fully saturated rings. The van der Waals surface area contributed by atoms with Gasteiger partial charge in [0.25, 0.3) is 5.91 Å². The SMILES string of the molecule is Cc1ccc(/C=N/NC(=O)c2cc(-c3ccc(C)cc3)nc3ccccc23)cc1. The number of hydrazone groups is 1. The van der Waals surface area contributed by atoms with E-state index in [2.05, 4.69) is 10.5 Å². The highest BCUT2D eigenvalue weighted by molar-refractivity contribution is 6.07. The molecule has 0 bridgehead atoms. The highest BCUT2D eigenvalue weighted by Crippen LogP contribution is 2.25. The van der Waals surface area contributed by atoms with Crippen molar-refractivity contribution in [3.05, 3.63) is 101 Å². The van der Waals surface area contributed by atoms with E-state index in [1.165, 1.54) is 11.1 Å². The lowest BCUT2D eigenvalue weighted by atomic mass is 10.0. The molecule has 1 aromatic heterocycles. The van der Waals surface area contributed by atoms with Crippen LogP contribution in [0.2, 0.25) is 0 Å². The van der Waals surface area contributed by atoms with Crippen molar-refractivity contribution in [1.82, 2.24) is 10.4 Å². The van der Waals surface area contributed by atoms with Gasteiger partial charge in [-0.2, -0.15) is 5.10 Å². The lowest BCUT2D eigenvalue weighted by molar-refractivity contribution is 0.0956. The van der Waals surface area contributed by atoms with Crippen molar-refractivity contribution in [2.45, 2.75) is 13.8 Å². The van der Waals surface area contributed by atoms with Gasteiger partial charge in [0.1, 0.15) is 0 Å². The molecule has 0 saturated carbocycles. The molecule has 0 unspecified atom stereocenters. The summed E-state index contributed by atoms with van der Waals surface area (Å²) in [6, 6.07) is 25.5. The molecule has 1 amide bonds. The summed E-state index contributed by atoms with van der Waals surface area (Å²) >= 11 is 0. The normalized spacial score (nSPS) is 11.1. The maximum absolute atomic E-state index is 12.9. The zero-order chi connectivity index (χ0) is 20.2. The number of para-hydroxylation sites is 1. The summed E-state index contributed by atoms with van der Waals surface area (Å²) in [7, 11) is 0. The molecule has 29 heavy (non-hydrogen) atoms. The van der Waals surface area contributed by atoms with Gasteiger partial charge in [-0.15, -0.1) is 0 Å². The van der Waals surface area contributed by atoms with E-state index in [-0.39, 0.29) is 5.91 Å². The highest BCUT2D eigenvalue weighted by atomic mass is 16.2. The third-order valence-corrected chi connectivity index (χ3v) is 4.77. The second-order valence-corrected chi connectivity index (χ2v) is 7.05. The number of carbonyl (C=O) groups excluding carboxylic acids is 1. The Labute approximate surface area is 169 Å². The van der Waals surface area contributed by atoms with Crippen LogP contribution < -0.4 is 5.43 Å². The maximum atomic E-state index is 12.9. The Hall–Kier alpha value is -3.79. The van der Waals surface area contributed by atoms with Crippen LogP contribution in [0.5, 0.6) is 0 Å². The molecule has 3 aromatic carbocycles. The van der Waals surface area contributed by atoms with Gasteiger partial charge in [-0.25, -0.2) is 10.4 Å². The molecule has 0 aliphatic rings. The summed E-state index contributed by atoms with van der Waals surface area (Å²) in [5.41, 5.74) is 8.98. The summed E-state index contributed by atoms with van der Waals surface area (Å²) in [6.45, 7) is 4.07. The Morgan fingerprint density at radius 3 is 2.28 bits per heavy atom. The fraction of sp³-hybridized carbons (Fsp3) is 0.0800. The van der Waals surface area contributed by atoms with E-state index in [0.717, 1.165) is 27.7 Å². The average molecular weight is 379 g/mol. The van der Waals surface area contributed by atoms with Crippen LogP contribution in [0.15, 0.2) is 84.0 Å². The number of amides is 1. The van der Waals surface area contributed by atoms with Crippen LogP contribution in [0.3, 0.4) is 0 Å². The molecular weight excluding hydrogens is 358 g/mol. The van der Waals surface area contributed by atoms with Crippen LogP contribution in [0.25, 0.3) is 22.2 Å². The average Bonchev–Trinajstić information content (AvgIpc) is 2.75. The summed E-state index contributed by atoms with van der Waals surface area (Å²) in [5, 5.41) is 4.92. The predicted molar refractivity (Wildman–Crippen MR) is 118 cm³/mol. The first-order chi connectivity index (χ1) is 14.1. The first-order valence-electron chi connectivity index (χ1n) is 9.47. The third-order valence-electron chi connectivity index (χ3n) is 4.77. The molecule has 4 nitrogen and oxygen atoms in total. The van der Waals surface area contributed by atoms with E-state index in [1.807, 2.05) is 92.7 Å². The van der Waals surface area contributed by atoms with E-state index < -0.39 is 0 Å². The van der Waals surface area contributed by atoms with E-state index >= 15 is 0 Å². The maximum Gasteiger partial charge on any atom is 0.272 e. The molecule has 1 N–H and O–H groups in total. The van der Waals surface area contributed by atoms with Crippen LogP contribution in [0, 0.1) is 13.8 Å². The van der Waals surface area contributed by atoms with E-state index in [9.17, 15) is 4.79 Å². The van der Waals surface area contributed by atoms with Gasteiger partial charge in [-0.05, 0) is 31.5 Å². The van der Waals surface area contributed by atoms with Crippen LogP contribution in [0.1, 0.15) is 27.0 Å². The van der Waals surface area contributed by atoms with Gasteiger partial charge in [-0.3, -0.25) is 4.79 Å². The number of hydrogen-bond acceptors (Lipinski definition) is 3. The molecule has 0 aliphatic carbocycles. The molecule has 4 rings (SSSR count). The molecule has 4 aromatic rings. The Morgan fingerprint density at radius 2 is 1.55 bits per heavy atom. The quantitative estimate of drug-likeness (QED) is 0.387. The van der Waals surface area contributed by atoms with Crippen LogP contribution in [-0.4, -0.2) is 17.1 Å². The van der Waals surface area contributed by atoms with Crippen molar-refractivity contribution >= 4 is 23.0 Å². The van der Waals surface area contributed by atoms with Gasteiger partial charge in [-0.1, -0.05) is 77.9 Å². The Bertz CT molecular complexity index is 1190. The smallest absolute Gasteiger partial charge is 0.267 e. The molecule has 0 atom stereocenters. The van der Waals surface area contributed by atoms with Crippen molar-refractivity contribution in [3.8, 4) is 11.3 Å². The number of aryl methyl sites for hydroxylation is 2. The highest BCUT2D eigenvalue weighted by Gasteiger charge is 2.13. The third kappa shape index (κ3) is 4.22. The second kappa shape index (κ2) is 8.07. The molecule has 142 valence electrons. The number of fused-ring (bicyclic) bond motifs is 1. The van der Waals surface area contributed by atoms with E-state index in [1.54, 1.807) is 6.21 Å². The molecule has 4 heteroatoms. The number of carbonyl (C=O) groups is 1. The number of hydrogen-bond donors (Lipinski definition) is 1. The zero-order valence-electron chi connectivity index (χ0n) is 16.4. The number of benzene rings is 3. The van der Waals surface area contributed by atoms with Gasteiger partial charge in [0.15, 0.2) is 0 Å². The lowest BCUT2D eigenvalue weighted by Gasteiger charge is -2.09. The molecule has 0 spiro atoms. The van der Waals surface area contributed by atoms with Crippen LogP contribution in [-0.2, 0) is 0 Å². The summed E-state index contributed by atoms with van der Waals surface area (Å²) < 4.78 is 0. The predicted octanol–water partition coefficient (Wildman–Crippen LogP) is 5.28. The number of pyridine rings is 1. The van der Waals surface area contributed by atoms with Crippen molar-refractivity contribution < 1.29 is 4.79 Å². The summed E-state index contributed by atoms with van der Waals surface area (Å²) in [6.07, 6.45) is 1.64. The fourth-order valence-corrected chi connectivity index (χ4v) is 3.11. The number of rotatable bonds is 4. The fourth-order valence-electron chi connectivity index (χ4n) is 3.11. The molecule has 0 saturated heterocycles. The Morgan fingerprint density at radius 1 is 0.897 bits per heavy atom. The van der Waals surface area contributed by atoms with Gasteiger partial charge >= 0.3 is 0 Å². The van der Waals surface area contributed by atoms with E-state index in [4.69, 9.17) is 4.98 Å². The molecule has 1 heterocycles. The first kappa shape index (κ1) is 18.6. The van der Waals surface area contributed by atoms with E-state index in [0.29, 0.717) is 5.56 Å². The minimum atomic E-state index is -0.264. The van der Waals surface area contributed by atoms with Gasteiger partial charge in [0, 0.05) is 10.9 Å². The first-order valence-corrected chi connectivity index (χ1v) is 9.47. The van der Waals surface area contributed by atoms with Crippen molar-refractivity contribution in [2.24, 2.45) is 5.10 Å². The van der Waals surface area contributed by atoms with Gasteiger partial charge in [0.05, 0.1) is 23.0 Å². The monoisotopic (exact) mass is 379 g/mol. The number of aromatic nitrogens is 1. The molecule has 0 radical (unpaired) electrons. The minimum Gasteiger partial charge on any atom is -0.267 e. The Kier molecular flexibility index (Phi) is 5.16. The van der Waals surface area contributed by atoms with Crippen molar-refractivity contribution in [1.29, 1.82) is 0 Å². The summed E-state index contributed by atoms with van der Waals surface area (Å²) in [4.78, 5) is 17.6. The van der Waals surface area contributed by atoms with Gasteiger partial charge < -0.3 is 0 Å². The Balaban J connectivity index is 1.67.